The van der Waals surface area contributed by atoms with Crippen molar-refractivity contribution in [2.45, 2.75) is 23.8 Å². The number of carboxylic acid groups (broad SMARTS) is 1. The van der Waals surface area contributed by atoms with E-state index in [1.165, 1.54) is 0 Å². The first-order valence-corrected chi connectivity index (χ1v) is 7.60. The van der Waals surface area contributed by atoms with E-state index in [2.05, 4.69) is 10.0 Å². The third kappa shape index (κ3) is 3.56. The van der Waals surface area contributed by atoms with Crippen LogP contribution >= 0.6 is 0 Å². The monoisotopic (exact) mass is 316 g/mol. The van der Waals surface area contributed by atoms with Crippen molar-refractivity contribution in [3.63, 3.8) is 0 Å². The Bertz CT molecular complexity index is 689. The molecule has 1 atom stereocenters. The van der Waals surface area contributed by atoms with E-state index in [1.54, 1.807) is 0 Å². The van der Waals surface area contributed by atoms with Gasteiger partial charge in [0.05, 0.1) is 5.56 Å². The molecule has 0 aliphatic carbocycles. The fraction of sp³-hybridized carbons (Fsp3) is 0.333. The number of nitrogens with one attached hydrogen (secondary N) is 2. The Kier molecular flexibility index (Phi) is 4.24. The summed E-state index contributed by atoms with van der Waals surface area (Å²) in [7, 11) is -4.19. The molecule has 7 nitrogen and oxygen atoms in total. The van der Waals surface area contributed by atoms with Gasteiger partial charge in [0.1, 0.15) is 10.7 Å². The maximum Gasteiger partial charge on any atom is 0.335 e. The summed E-state index contributed by atoms with van der Waals surface area (Å²) in [6, 6.07) is 2.18. The Hall–Kier alpha value is -2.00. The smallest absolute Gasteiger partial charge is 0.335 e. The van der Waals surface area contributed by atoms with Crippen LogP contribution in [-0.4, -0.2) is 38.0 Å². The third-order valence-corrected chi connectivity index (χ3v) is 4.51. The Labute approximate surface area is 120 Å². The van der Waals surface area contributed by atoms with Crippen LogP contribution in [0, 0.1) is 5.82 Å². The lowest BCUT2D eigenvalue weighted by atomic mass is 10.2. The van der Waals surface area contributed by atoms with E-state index in [-0.39, 0.29) is 24.1 Å². The maximum absolute atomic E-state index is 13.6. The quantitative estimate of drug-likeness (QED) is 0.712. The van der Waals surface area contributed by atoms with Gasteiger partial charge in [-0.2, -0.15) is 0 Å². The topological polar surface area (TPSA) is 113 Å². The number of carbonyl (C=O) groups is 2. The largest absolute Gasteiger partial charge is 0.478 e. The van der Waals surface area contributed by atoms with Gasteiger partial charge in [0.25, 0.3) is 0 Å². The maximum atomic E-state index is 13.6. The summed E-state index contributed by atoms with van der Waals surface area (Å²) in [5.74, 6) is -2.56. The second-order valence-electron chi connectivity index (χ2n) is 4.61. The first-order valence-electron chi connectivity index (χ1n) is 6.11. The van der Waals surface area contributed by atoms with Crippen molar-refractivity contribution in [3.05, 3.63) is 29.6 Å². The SMILES string of the molecule is O=C1CCC(CNS(=O)(=O)c2cc(C(=O)O)ccc2F)N1. The summed E-state index contributed by atoms with van der Waals surface area (Å²) >= 11 is 0. The summed E-state index contributed by atoms with van der Waals surface area (Å²) in [6.07, 6.45) is 0.800. The molecule has 1 heterocycles. The number of aromatic carboxylic acids is 1. The Morgan fingerprint density at radius 3 is 2.76 bits per heavy atom. The molecule has 1 aromatic rings. The molecule has 0 aromatic heterocycles. The summed E-state index contributed by atoms with van der Waals surface area (Å²) < 4.78 is 39.8. The number of hydrogen-bond acceptors (Lipinski definition) is 4. The highest BCUT2D eigenvalue weighted by atomic mass is 32.2. The van der Waals surface area contributed by atoms with Crippen molar-refractivity contribution in [2.24, 2.45) is 0 Å². The number of carbonyl (C=O) groups excluding carboxylic acids is 1. The molecule has 0 spiro atoms. The van der Waals surface area contributed by atoms with Crippen molar-refractivity contribution in [1.82, 2.24) is 10.0 Å². The first kappa shape index (κ1) is 15.4. The Morgan fingerprint density at radius 2 is 2.19 bits per heavy atom. The highest BCUT2D eigenvalue weighted by Crippen LogP contribution is 2.17. The van der Waals surface area contributed by atoms with Crippen molar-refractivity contribution in [3.8, 4) is 0 Å². The van der Waals surface area contributed by atoms with Crippen LogP contribution in [0.3, 0.4) is 0 Å². The minimum atomic E-state index is -4.19. The third-order valence-electron chi connectivity index (χ3n) is 3.07. The molecular formula is C12H13FN2O5S. The van der Waals surface area contributed by atoms with Crippen molar-refractivity contribution in [1.29, 1.82) is 0 Å². The highest BCUT2D eigenvalue weighted by Gasteiger charge is 2.25. The molecule has 2 rings (SSSR count). The zero-order chi connectivity index (χ0) is 15.6. The molecule has 1 fully saturated rings. The fourth-order valence-electron chi connectivity index (χ4n) is 1.96. The molecule has 1 aliphatic heterocycles. The molecule has 114 valence electrons. The van der Waals surface area contributed by atoms with E-state index in [0.717, 1.165) is 18.2 Å². The van der Waals surface area contributed by atoms with Gasteiger partial charge in [-0.3, -0.25) is 4.79 Å². The molecule has 0 bridgehead atoms. The number of rotatable bonds is 5. The van der Waals surface area contributed by atoms with Gasteiger partial charge in [0.15, 0.2) is 0 Å². The van der Waals surface area contributed by atoms with E-state index in [9.17, 15) is 22.4 Å². The normalized spacial score (nSPS) is 18.5. The molecule has 1 unspecified atom stereocenters. The molecular weight excluding hydrogens is 303 g/mol. The van der Waals surface area contributed by atoms with Crippen LogP contribution in [0.25, 0.3) is 0 Å². The van der Waals surface area contributed by atoms with Gasteiger partial charge in [-0.25, -0.2) is 22.3 Å². The van der Waals surface area contributed by atoms with Gasteiger partial charge in [-0.15, -0.1) is 0 Å². The number of halogens is 1. The van der Waals surface area contributed by atoms with Crippen molar-refractivity contribution in [2.75, 3.05) is 6.54 Å². The lowest BCUT2D eigenvalue weighted by Gasteiger charge is -2.12. The number of sulfonamides is 1. The van der Waals surface area contributed by atoms with Gasteiger partial charge in [-0.05, 0) is 24.6 Å². The molecule has 1 aromatic carbocycles. The van der Waals surface area contributed by atoms with Crippen LogP contribution < -0.4 is 10.0 Å². The van der Waals surface area contributed by atoms with E-state index in [1.807, 2.05) is 0 Å². The predicted octanol–water partition coefficient (Wildman–Crippen LogP) is 0.0808. The fourth-order valence-corrected chi connectivity index (χ4v) is 3.14. The van der Waals surface area contributed by atoms with Crippen LogP contribution in [0.15, 0.2) is 23.1 Å². The number of amides is 1. The molecule has 3 N–H and O–H groups in total. The van der Waals surface area contributed by atoms with Gasteiger partial charge in [0, 0.05) is 19.0 Å². The first-order chi connectivity index (χ1) is 9.79. The predicted molar refractivity (Wildman–Crippen MR) is 69.7 cm³/mol. The molecule has 1 aliphatic rings. The van der Waals surface area contributed by atoms with Crippen LogP contribution in [0.5, 0.6) is 0 Å². The van der Waals surface area contributed by atoms with Crippen LogP contribution in [0.4, 0.5) is 4.39 Å². The van der Waals surface area contributed by atoms with E-state index in [4.69, 9.17) is 5.11 Å². The molecule has 21 heavy (non-hydrogen) atoms. The van der Waals surface area contributed by atoms with E-state index >= 15 is 0 Å². The average Bonchev–Trinajstić information content (AvgIpc) is 2.82. The lowest BCUT2D eigenvalue weighted by Crippen LogP contribution is -2.38. The van der Waals surface area contributed by atoms with Crippen LogP contribution in [-0.2, 0) is 14.8 Å². The lowest BCUT2D eigenvalue weighted by molar-refractivity contribution is -0.119. The van der Waals surface area contributed by atoms with E-state index in [0.29, 0.717) is 12.8 Å². The minimum Gasteiger partial charge on any atom is -0.478 e. The number of hydrogen-bond donors (Lipinski definition) is 3. The minimum absolute atomic E-state index is 0.0786. The highest BCUT2D eigenvalue weighted by molar-refractivity contribution is 7.89. The van der Waals surface area contributed by atoms with Gasteiger partial charge in [0.2, 0.25) is 15.9 Å². The number of carboxylic acids is 1. The van der Waals surface area contributed by atoms with E-state index < -0.39 is 26.7 Å². The van der Waals surface area contributed by atoms with Gasteiger partial charge >= 0.3 is 5.97 Å². The Morgan fingerprint density at radius 1 is 1.48 bits per heavy atom. The number of benzene rings is 1. The van der Waals surface area contributed by atoms with Crippen LogP contribution in [0.1, 0.15) is 23.2 Å². The second-order valence-corrected chi connectivity index (χ2v) is 6.34. The molecule has 1 amide bonds. The zero-order valence-electron chi connectivity index (χ0n) is 10.8. The summed E-state index contributed by atoms with van der Waals surface area (Å²) in [5, 5.41) is 11.4. The summed E-state index contributed by atoms with van der Waals surface area (Å²) in [6.45, 7) is -0.0786. The zero-order valence-corrected chi connectivity index (χ0v) is 11.6. The molecule has 0 saturated carbocycles. The van der Waals surface area contributed by atoms with Crippen LogP contribution in [0.2, 0.25) is 0 Å². The van der Waals surface area contributed by atoms with Gasteiger partial charge < -0.3 is 10.4 Å². The summed E-state index contributed by atoms with van der Waals surface area (Å²) in [5.41, 5.74) is -0.328. The second kappa shape index (κ2) is 5.78. The molecule has 0 radical (unpaired) electrons. The average molecular weight is 316 g/mol. The Balaban J connectivity index is 2.17. The molecule has 9 heteroatoms. The van der Waals surface area contributed by atoms with Crippen molar-refractivity contribution >= 4 is 21.9 Å². The van der Waals surface area contributed by atoms with Crippen molar-refractivity contribution < 1.29 is 27.5 Å². The standard InChI is InChI=1S/C12H13FN2O5S/c13-9-3-1-7(12(17)18)5-10(9)21(19,20)14-6-8-2-4-11(16)15-8/h1,3,5,8,14H,2,4,6H2,(H,15,16)(H,17,18). The van der Waals surface area contributed by atoms with Gasteiger partial charge in [-0.1, -0.05) is 0 Å². The molecule has 1 saturated heterocycles. The summed E-state index contributed by atoms with van der Waals surface area (Å²) in [4.78, 5) is 21.1.